The third-order valence-corrected chi connectivity index (χ3v) is 5.38. The Kier molecular flexibility index (Phi) is 5.87. The number of nitrogens with one attached hydrogen (secondary N) is 1. The van der Waals surface area contributed by atoms with Gasteiger partial charge in [-0.25, -0.2) is 4.79 Å². The van der Waals surface area contributed by atoms with E-state index in [1.165, 1.54) is 30.3 Å². The van der Waals surface area contributed by atoms with Gasteiger partial charge in [0.1, 0.15) is 11.3 Å². The van der Waals surface area contributed by atoms with Gasteiger partial charge in [0.15, 0.2) is 5.43 Å². The zero-order valence-electron chi connectivity index (χ0n) is 16.8. The summed E-state index contributed by atoms with van der Waals surface area (Å²) in [4.78, 5) is 36.4. The maximum Gasteiger partial charge on any atom is 0.336 e. The monoisotopic (exact) mass is 448 g/mol. The summed E-state index contributed by atoms with van der Waals surface area (Å²) in [6, 6.07) is 12.8. The summed E-state index contributed by atoms with van der Waals surface area (Å²) in [5.74, 6) is -1.03. The Balaban J connectivity index is 1.96. The number of amides is 1. The summed E-state index contributed by atoms with van der Waals surface area (Å²) in [7, 11) is 0. The number of carbonyl (C=O) groups is 2. The van der Waals surface area contributed by atoms with E-state index < -0.39 is 5.97 Å². The third kappa shape index (κ3) is 4.04. The Morgan fingerprint density at radius 3 is 2.56 bits per heavy atom. The van der Waals surface area contributed by atoms with Gasteiger partial charge in [-0.1, -0.05) is 18.2 Å². The van der Waals surface area contributed by atoms with Gasteiger partial charge in [-0.15, -0.1) is 5.75 Å². The van der Waals surface area contributed by atoms with Crippen LogP contribution in [0.1, 0.15) is 27.1 Å². The topological polar surface area (TPSA) is 120 Å². The Morgan fingerprint density at radius 1 is 1.03 bits per heavy atom. The van der Waals surface area contributed by atoms with Crippen LogP contribution in [0.25, 0.3) is 33.4 Å². The van der Waals surface area contributed by atoms with E-state index in [9.17, 15) is 24.6 Å². The standard InChI is InChI=1S/C24H19NO6S/c26-14-3-6-17-20(11-14)31-21-12-15(27)4-7-18(21)22(17)16-5-2-13(10-19(16)24(29)30)23(28)25-8-1-9-32/h2-7,10-12,26,32H,1,8-9H2,(H,25,28)(H,29,30)/p-1. The fraction of sp³-hybridized carbons (Fsp3) is 0.125. The van der Waals surface area contributed by atoms with Gasteiger partial charge in [0.25, 0.3) is 5.91 Å². The normalized spacial score (nSPS) is 11.0. The molecular formula is C24H18NO6S-. The number of aromatic carboxylic acids is 1. The van der Waals surface area contributed by atoms with E-state index >= 15 is 0 Å². The molecular weight excluding hydrogens is 430 g/mol. The van der Waals surface area contributed by atoms with Gasteiger partial charge in [0, 0.05) is 34.7 Å². The highest BCUT2D eigenvalue weighted by Crippen LogP contribution is 2.41. The van der Waals surface area contributed by atoms with E-state index in [2.05, 4.69) is 17.9 Å². The maximum atomic E-state index is 12.4. The molecule has 32 heavy (non-hydrogen) atoms. The number of hydrogen-bond donors (Lipinski definition) is 3. The smallest absolute Gasteiger partial charge is 0.336 e. The molecule has 0 radical (unpaired) electrons. The molecule has 2 aromatic rings. The van der Waals surface area contributed by atoms with Crippen LogP contribution in [0, 0.1) is 0 Å². The number of benzene rings is 3. The molecule has 4 rings (SSSR count). The first kappa shape index (κ1) is 21.5. The van der Waals surface area contributed by atoms with E-state index in [4.69, 9.17) is 4.42 Å². The average Bonchev–Trinajstić information content (AvgIpc) is 2.77. The number of fused-ring (bicyclic) bond motifs is 2. The predicted molar refractivity (Wildman–Crippen MR) is 122 cm³/mol. The van der Waals surface area contributed by atoms with E-state index in [0.717, 1.165) is 0 Å². The first-order valence-electron chi connectivity index (χ1n) is 9.83. The van der Waals surface area contributed by atoms with Gasteiger partial charge in [0.05, 0.1) is 5.56 Å². The van der Waals surface area contributed by atoms with Crippen LogP contribution < -0.4 is 15.9 Å². The fourth-order valence-corrected chi connectivity index (χ4v) is 3.76. The zero-order chi connectivity index (χ0) is 22.8. The Morgan fingerprint density at radius 2 is 1.81 bits per heavy atom. The number of carboxylic acid groups (broad SMARTS) is 1. The summed E-state index contributed by atoms with van der Waals surface area (Å²) < 4.78 is 5.77. The molecule has 0 aromatic heterocycles. The van der Waals surface area contributed by atoms with Crippen molar-refractivity contribution in [3.05, 3.63) is 75.9 Å². The van der Waals surface area contributed by atoms with E-state index in [1.54, 1.807) is 24.3 Å². The Hall–Kier alpha value is -3.78. The lowest BCUT2D eigenvalue weighted by Crippen LogP contribution is -2.25. The first-order valence-corrected chi connectivity index (χ1v) is 10.5. The van der Waals surface area contributed by atoms with Crippen molar-refractivity contribution < 1.29 is 24.2 Å². The van der Waals surface area contributed by atoms with Crippen LogP contribution in [0.4, 0.5) is 0 Å². The van der Waals surface area contributed by atoms with Crippen molar-refractivity contribution in [2.75, 3.05) is 12.3 Å². The lowest BCUT2D eigenvalue weighted by atomic mass is 9.90. The molecule has 0 atom stereocenters. The summed E-state index contributed by atoms with van der Waals surface area (Å²) in [6.45, 7) is 0.428. The minimum atomic E-state index is -1.21. The van der Waals surface area contributed by atoms with Crippen LogP contribution in [0.3, 0.4) is 0 Å². The number of hydrogen-bond acceptors (Lipinski definition) is 6. The van der Waals surface area contributed by atoms with E-state index in [1.807, 2.05) is 0 Å². The molecule has 0 bridgehead atoms. The van der Waals surface area contributed by atoms with Gasteiger partial charge in [-0.05, 0) is 48.1 Å². The molecule has 2 N–H and O–H groups in total. The lowest BCUT2D eigenvalue weighted by Gasteiger charge is -2.18. The molecule has 8 heteroatoms. The number of carbonyl (C=O) groups excluding carboxylic acids is 1. The van der Waals surface area contributed by atoms with Crippen molar-refractivity contribution in [1.82, 2.24) is 5.32 Å². The minimum Gasteiger partial charge on any atom is -0.872 e. The largest absolute Gasteiger partial charge is 0.872 e. The zero-order valence-corrected chi connectivity index (χ0v) is 17.6. The molecule has 2 aliphatic rings. The molecule has 1 heterocycles. The highest BCUT2D eigenvalue weighted by atomic mass is 32.1. The first-order chi connectivity index (χ1) is 15.4. The molecule has 1 amide bonds. The molecule has 0 spiro atoms. The van der Waals surface area contributed by atoms with Crippen LogP contribution in [0.5, 0.6) is 5.75 Å². The van der Waals surface area contributed by atoms with Crippen LogP contribution in [-0.2, 0) is 0 Å². The van der Waals surface area contributed by atoms with Gasteiger partial charge >= 0.3 is 5.97 Å². The van der Waals surface area contributed by atoms with Gasteiger partial charge < -0.3 is 19.9 Å². The van der Waals surface area contributed by atoms with Gasteiger partial charge in [0.2, 0.25) is 0 Å². The highest BCUT2D eigenvalue weighted by molar-refractivity contribution is 7.80. The Bertz CT molecular complexity index is 1380. The second kappa shape index (κ2) is 8.76. The summed E-state index contributed by atoms with van der Waals surface area (Å²) in [5.41, 5.74) is 1.44. The molecule has 0 unspecified atom stereocenters. The molecule has 0 saturated heterocycles. The van der Waals surface area contributed by atoms with Crippen LogP contribution in [0.15, 0.2) is 63.8 Å². The van der Waals surface area contributed by atoms with Crippen molar-refractivity contribution in [2.24, 2.45) is 0 Å². The molecule has 162 valence electrons. The predicted octanol–water partition coefficient (Wildman–Crippen LogP) is 3.39. The van der Waals surface area contributed by atoms with Crippen molar-refractivity contribution in [3.8, 4) is 28.2 Å². The van der Waals surface area contributed by atoms with E-state index in [-0.39, 0.29) is 39.6 Å². The fourth-order valence-electron chi connectivity index (χ4n) is 3.60. The second-order valence-electron chi connectivity index (χ2n) is 7.19. The van der Waals surface area contributed by atoms with Crippen molar-refractivity contribution in [3.63, 3.8) is 0 Å². The van der Waals surface area contributed by atoms with Gasteiger partial charge in [-0.3, -0.25) is 9.59 Å². The van der Waals surface area contributed by atoms with Crippen LogP contribution >= 0.6 is 12.6 Å². The summed E-state index contributed by atoms with van der Waals surface area (Å²) >= 11 is 4.10. The van der Waals surface area contributed by atoms with E-state index in [0.29, 0.717) is 40.8 Å². The number of rotatable bonds is 6. The quantitative estimate of drug-likeness (QED) is 0.236. The molecule has 2 aromatic carbocycles. The molecule has 1 aliphatic carbocycles. The van der Waals surface area contributed by atoms with Crippen LogP contribution in [0.2, 0.25) is 0 Å². The molecule has 0 fully saturated rings. The SMILES string of the molecule is O=C(NCCCS)c1ccc(-c2c3ccc(=O)cc-3oc3cc([O-])ccc23)c(C(=O)O)c1. The summed E-state index contributed by atoms with van der Waals surface area (Å²) in [6.07, 6.45) is 0.688. The van der Waals surface area contributed by atoms with Crippen molar-refractivity contribution in [1.29, 1.82) is 0 Å². The van der Waals surface area contributed by atoms with Gasteiger partial charge in [-0.2, -0.15) is 12.6 Å². The van der Waals surface area contributed by atoms with Crippen molar-refractivity contribution in [2.45, 2.75) is 6.42 Å². The number of carboxylic acids is 1. The van der Waals surface area contributed by atoms with Crippen molar-refractivity contribution >= 4 is 35.5 Å². The maximum absolute atomic E-state index is 12.4. The molecule has 1 aliphatic heterocycles. The average molecular weight is 448 g/mol. The van der Waals surface area contributed by atoms with Crippen LogP contribution in [-0.4, -0.2) is 29.3 Å². The highest BCUT2D eigenvalue weighted by Gasteiger charge is 2.22. The molecule has 7 nitrogen and oxygen atoms in total. The minimum absolute atomic E-state index is 0.0851. The Labute approximate surface area is 188 Å². The second-order valence-corrected chi connectivity index (χ2v) is 7.64. The third-order valence-electron chi connectivity index (χ3n) is 5.07. The lowest BCUT2D eigenvalue weighted by molar-refractivity contribution is -0.268. The number of thiol groups is 1. The summed E-state index contributed by atoms with van der Waals surface area (Å²) in [5, 5.41) is 25.0. The molecule has 0 saturated carbocycles.